The van der Waals surface area contributed by atoms with Gasteiger partial charge in [0.15, 0.2) is 0 Å². The number of carbonyl (C=O) groups is 2. The van der Waals surface area contributed by atoms with Crippen LogP contribution in [0.3, 0.4) is 0 Å². The summed E-state index contributed by atoms with van der Waals surface area (Å²) in [5.41, 5.74) is 4.69. The van der Waals surface area contributed by atoms with Crippen molar-refractivity contribution in [1.82, 2.24) is 0 Å². The molecule has 6 nitrogen and oxygen atoms in total. The lowest BCUT2D eigenvalue weighted by Gasteiger charge is -2.54. The van der Waals surface area contributed by atoms with Gasteiger partial charge in [-0.15, -0.1) is 0 Å². The third kappa shape index (κ3) is 2.28. The van der Waals surface area contributed by atoms with Gasteiger partial charge >= 0.3 is 0 Å². The molecule has 3 aromatic rings. The fourth-order valence-corrected chi connectivity index (χ4v) is 6.72. The first-order chi connectivity index (χ1) is 15.9. The van der Waals surface area contributed by atoms with Crippen LogP contribution in [-0.4, -0.2) is 16.7 Å². The van der Waals surface area contributed by atoms with Crippen molar-refractivity contribution in [2.75, 3.05) is 4.90 Å². The van der Waals surface area contributed by atoms with Gasteiger partial charge in [0.1, 0.15) is 0 Å². The van der Waals surface area contributed by atoms with Crippen molar-refractivity contribution in [3.63, 3.8) is 0 Å². The van der Waals surface area contributed by atoms with Gasteiger partial charge in [0.05, 0.1) is 22.4 Å². The number of nitrogens with zero attached hydrogens (tertiary/aromatic N) is 2. The summed E-state index contributed by atoms with van der Waals surface area (Å²) in [6.45, 7) is 3.85. The molecule has 1 heterocycles. The highest BCUT2D eigenvalue weighted by molar-refractivity contribution is 6.24. The van der Waals surface area contributed by atoms with E-state index in [1.165, 1.54) is 17.0 Å². The predicted molar refractivity (Wildman–Crippen MR) is 123 cm³/mol. The zero-order valence-corrected chi connectivity index (χ0v) is 18.3. The Hall–Kier alpha value is -3.80. The van der Waals surface area contributed by atoms with E-state index in [2.05, 4.69) is 31.2 Å². The number of nitro benzene ring substituents is 1. The molecule has 0 saturated carbocycles. The second-order valence-electron chi connectivity index (χ2n) is 9.22. The molecule has 6 heteroatoms. The van der Waals surface area contributed by atoms with Crippen LogP contribution in [0.5, 0.6) is 0 Å². The fourth-order valence-electron chi connectivity index (χ4n) is 6.72. The number of imide groups is 1. The maximum Gasteiger partial charge on any atom is 0.271 e. The molecule has 2 atom stereocenters. The van der Waals surface area contributed by atoms with E-state index >= 15 is 0 Å². The van der Waals surface area contributed by atoms with Gasteiger partial charge in [-0.25, -0.2) is 4.90 Å². The number of carbonyl (C=O) groups excluding carboxylic acids is 2. The molecule has 0 spiro atoms. The number of anilines is 1. The van der Waals surface area contributed by atoms with Gasteiger partial charge in [0.25, 0.3) is 5.69 Å². The summed E-state index contributed by atoms with van der Waals surface area (Å²) in [6.07, 6.45) is 0.676. The minimum atomic E-state index is -0.608. The van der Waals surface area contributed by atoms with Crippen molar-refractivity contribution in [2.24, 2.45) is 11.8 Å². The van der Waals surface area contributed by atoms with Crippen LogP contribution in [-0.2, 0) is 15.0 Å². The van der Waals surface area contributed by atoms with Crippen LogP contribution in [0.15, 0.2) is 66.7 Å². The Kier molecular flexibility index (Phi) is 3.97. The Morgan fingerprint density at radius 1 is 0.939 bits per heavy atom. The van der Waals surface area contributed by atoms with Crippen molar-refractivity contribution in [3.05, 3.63) is 105 Å². The number of hydrogen-bond acceptors (Lipinski definition) is 4. The zero-order chi connectivity index (χ0) is 23.1. The quantitative estimate of drug-likeness (QED) is 0.332. The number of aryl methyl sites for hydroxylation is 1. The average Bonchev–Trinajstić information content (AvgIpc) is 3.10. The largest absolute Gasteiger partial charge is 0.274 e. The second-order valence-corrected chi connectivity index (χ2v) is 9.22. The number of non-ortho nitro benzene ring substituents is 1. The maximum absolute atomic E-state index is 14.1. The lowest BCUT2D eigenvalue weighted by molar-refractivity contribution is -0.384. The molecule has 1 saturated heterocycles. The van der Waals surface area contributed by atoms with Gasteiger partial charge in [-0.1, -0.05) is 61.5 Å². The van der Waals surface area contributed by atoms with Crippen LogP contribution in [0.2, 0.25) is 0 Å². The van der Waals surface area contributed by atoms with E-state index in [0.29, 0.717) is 17.7 Å². The lowest BCUT2D eigenvalue weighted by Crippen LogP contribution is -2.53. The lowest BCUT2D eigenvalue weighted by atomic mass is 9.46. The summed E-state index contributed by atoms with van der Waals surface area (Å²) in [6, 6.07) is 20.7. The Labute approximate surface area is 191 Å². The second kappa shape index (κ2) is 6.61. The van der Waals surface area contributed by atoms with E-state index in [9.17, 15) is 19.7 Å². The van der Waals surface area contributed by atoms with E-state index in [-0.39, 0.29) is 23.4 Å². The predicted octanol–water partition coefficient (Wildman–Crippen LogP) is 4.86. The van der Waals surface area contributed by atoms with E-state index in [4.69, 9.17) is 0 Å². The van der Waals surface area contributed by atoms with E-state index in [1.807, 2.05) is 24.3 Å². The third-order valence-electron chi connectivity index (χ3n) is 8.00. The number of hydrogen-bond donors (Lipinski definition) is 0. The van der Waals surface area contributed by atoms with Gasteiger partial charge in [0.2, 0.25) is 11.8 Å². The van der Waals surface area contributed by atoms with Crippen LogP contribution in [0, 0.1) is 28.9 Å². The molecular formula is C27H22N2O4. The summed E-state index contributed by atoms with van der Waals surface area (Å²) in [4.78, 5) is 40.2. The van der Waals surface area contributed by atoms with E-state index in [1.54, 1.807) is 13.0 Å². The molecule has 7 rings (SSSR count). The third-order valence-corrected chi connectivity index (χ3v) is 8.00. The molecule has 164 valence electrons. The molecule has 2 bridgehead atoms. The highest BCUT2D eigenvalue weighted by Gasteiger charge is 2.67. The number of amides is 2. The van der Waals surface area contributed by atoms with Crippen molar-refractivity contribution in [3.8, 4) is 0 Å². The topological polar surface area (TPSA) is 80.5 Å². The highest BCUT2D eigenvalue weighted by Crippen LogP contribution is 2.65. The Morgan fingerprint density at radius 2 is 1.55 bits per heavy atom. The normalized spacial score (nSPS) is 26.7. The van der Waals surface area contributed by atoms with E-state index < -0.39 is 22.2 Å². The van der Waals surface area contributed by atoms with Crippen molar-refractivity contribution in [2.45, 2.75) is 31.6 Å². The summed E-state index contributed by atoms with van der Waals surface area (Å²) in [5, 5.41) is 11.4. The SMILES string of the molecule is CCC12c3ccccc3C(c3ccccc31)[C@@H]1C(=O)N(c3cc([N+](=O)[O-])ccc3C)C(=O)[C@H]12. The van der Waals surface area contributed by atoms with Gasteiger partial charge in [-0.2, -0.15) is 0 Å². The molecule has 2 amide bonds. The summed E-state index contributed by atoms with van der Waals surface area (Å²) in [7, 11) is 0. The van der Waals surface area contributed by atoms with Crippen LogP contribution < -0.4 is 4.90 Å². The number of nitro groups is 1. The Balaban J connectivity index is 1.62. The smallest absolute Gasteiger partial charge is 0.271 e. The zero-order valence-electron chi connectivity index (χ0n) is 18.3. The van der Waals surface area contributed by atoms with Crippen molar-refractivity contribution >= 4 is 23.2 Å². The van der Waals surface area contributed by atoms with Crippen molar-refractivity contribution < 1.29 is 14.5 Å². The van der Waals surface area contributed by atoms with Gasteiger partial charge in [-0.3, -0.25) is 19.7 Å². The Morgan fingerprint density at radius 3 is 2.12 bits per heavy atom. The summed E-state index contributed by atoms with van der Waals surface area (Å²) < 4.78 is 0. The minimum absolute atomic E-state index is 0.133. The maximum atomic E-state index is 14.1. The molecule has 0 unspecified atom stereocenters. The van der Waals surface area contributed by atoms with Gasteiger partial charge in [0, 0.05) is 23.5 Å². The first-order valence-electron chi connectivity index (χ1n) is 11.2. The van der Waals surface area contributed by atoms with Gasteiger partial charge < -0.3 is 0 Å². The molecule has 33 heavy (non-hydrogen) atoms. The van der Waals surface area contributed by atoms with E-state index in [0.717, 1.165) is 22.3 Å². The van der Waals surface area contributed by atoms with Crippen LogP contribution in [0.25, 0.3) is 0 Å². The molecule has 4 aliphatic rings. The highest BCUT2D eigenvalue weighted by atomic mass is 16.6. The van der Waals surface area contributed by atoms with Crippen LogP contribution >= 0.6 is 0 Å². The molecule has 0 radical (unpaired) electrons. The molecule has 0 N–H and O–H groups in total. The fraction of sp³-hybridized carbons (Fsp3) is 0.259. The number of rotatable bonds is 3. The average molecular weight is 438 g/mol. The minimum Gasteiger partial charge on any atom is -0.274 e. The molecular weight excluding hydrogens is 416 g/mol. The van der Waals surface area contributed by atoms with Crippen LogP contribution in [0.1, 0.15) is 47.1 Å². The monoisotopic (exact) mass is 438 g/mol. The molecule has 1 aliphatic heterocycles. The molecule has 3 aliphatic carbocycles. The first kappa shape index (κ1) is 19.9. The summed E-state index contributed by atoms with van der Waals surface area (Å²) in [5.74, 6) is -1.80. The number of benzene rings is 3. The Bertz CT molecular complexity index is 1330. The molecule has 1 fully saturated rings. The van der Waals surface area contributed by atoms with Crippen LogP contribution in [0.4, 0.5) is 11.4 Å². The first-order valence-corrected chi connectivity index (χ1v) is 11.2. The van der Waals surface area contributed by atoms with Crippen molar-refractivity contribution in [1.29, 1.82) is 0 Å². The van der Waals surface area contributed by atoms with Gasteiger partial charge in [-0.05, 0) is 41.2 Å². The molecule has 0 aromatic heterocycles. The summed E-state index contributed by atoms with van der Waals surface area (Å²) >= 11 is 0. The molecule has 3 aromatic carbocycles. The standard InChI is InChI=1S/C27H22N2O4/c1-3-27-19-10-6-4-8-17(19)22(18-9-5-7-11-20(18)27)23-24(27)26(31)28(25(23)30)21-14-16(29(32)33)13-12-15(21)2/h4-14,22-24H,3H2,1-2H3/t22?,23-,24-,27?/m0/s1.